The molecule has 6 rings (SSSR count). The van der Waals surface area contributed by atoms with Gasteiger partial charge < -0.3 is 0 Å². The largest absolute Gasteiger partial charge is 0.265 e. The van der Waals surface area contributed by atoms with E-state index >= 15 is 0 Å². The van der Waals surface area contributed by atoms with Crippen LogP contribution in [-0.4, -0.2) is 4.98 Å². The second kappa shape index (κ2) is 5.90. The van der Waals surface area contributed by atoms with Gasteiger partial charge in [-0.25, -0.2) is 0 Å². The van der Waals surface area contributed by atoms with E-state index in [4.69, 9.17) is 0 Å². The second-order valence-electron chi connectivity index (χ2n) is 7.29. The smallest absolute Gasteiger partial charge is 0.0273 e. The Bertz CT molecular complexity index is 1330. The maximum Gasteiger partial charge on any atom is 0.0273 e. The fourth-order valence-electron chi connectivity index (χ4n) is 4.38. The van der Waals surface area contributed by atoms with Gasteiger partial charge in [0.05, 0.1) is 0 Å². The quantitative estimate of drug-likeness (QED) is 0.319. The topological polar surface area (TPSA) is 12.9 Å². The van der Waals surface area contributed by atoms with Crippen molar-refractivity contribution >= 4 is 10.8 Å². The number of pyridine rings is 1. The third kappa shape index (κ3) is 2.23. The molecule has 0 amide bonds. The van der Waals surface area contributed by atoms with Crippen LogP contribution in [0.25, 0.3) is 55.3 Å². The van der Waals surface area contributed by atoms with Gasteiger partial charge in [-0.15, -0.1) is 0 Å². The average molecular weight is 355 g/mol. The number of benzene rings is 4. The molecule has 0 N–H and O–H groups in total. The van der Waals surface area contributed by atoms with E-state index in [2.05, 4.69) is 83.8 Å². The van der Waals surface area contributed by atoms with Gasteiger partial charge in [0, 0.05) is 12.4 Å². The molecule has 130 valence electrons. The summed E-state index contributed by atoms with van der Waals surface area (Å²) in [5.74, 6) is 0. The van der Waals surface area contributed by atoms with Crippen LogP contribution in [0.1, 0.15) is 0 Å². The van der Waals surface area contributed by atoms with Gasteiger partial charge in [0.25, 0.3) is 0 Å². The molecule has 1 nitrogen and oxygen atoms in total. The van der Waals surface area contributed by atoms with Crippen LogP contribution in [0.15, 0.2) is 103 Å². The van der Waals surface area contributed by atoms with Gasteiger partial charge in [0.1, 0.15) is 0 Å². The SMILES string of the molecule is c1ccc2c(c1)-c1cccc3cc(-c4ccc(-c5ccncc5)cc4)cc-2c13. The highest BCUT2D eigenvalue weighted by Crippen LogP contribution is 2.48. The fourth-order valence-corrected chi connectivity index (χ4v) is 4.38. The zero-order valence-corrected chi connectivity index (χ0v) is 15.3. The van der Waals surface area contributed by atoms with E-state index in [0.717, 1.165) is 0 Å². The fraction of sp³-hybridized carbons (Fsp3) is 0. The summed E-state index contributed by atoms with van der Waals surface area (Å²) in [7, 11) is 0. The maximum absolute atomic E-state index is 4.11. The summed E-state index contributed by atoms with van der Waals surface area (Å²) in [5.41, 5.74) is 10.3. The molecular weight excluding hydrogens is 338 g/mol. The average Bonchev–Trinajstić information content (AvgIpc) is 3.10. The highest BCUT2D eigenvalue weighted by atomic mass is 14.6. The van der Waals surface area contributed by atoms with Gasteiger partial charge in [-0.3, -0.25) is 4.98 Å². The summed E-state index contributed by atoms with van der Waals surface area (Å²) in [4.78, 5) is 4.11. The molecule has 0 unspecified atom stereocenters. The van der Waals surface area contributed by atoms with Gasteiger partial charge in [-0.2, -0.15) is 0 Å². The van der Waals surface area contributed by atoms with Crippen LogP contribution < -0.4 is 0 Å². The van der Waals surface area contributed by atoms with E-state index in [1.54, 1.807) is 0 Å². The molecule has 0 bridgehead atoms. The standard InChI is InChI=1S/C27H17N/c1-2-6-24-23(5-1)25-7-3-4-21-16-22(17-26(24)27(21)25)19-10-8-18(9-11-19)20-12-14-28-15-13-20/h1-17H. The Balaban J connectivity index is 1.52. The number of hydrogen-bond acceptors (Lipinski definition) is 1. The molecule has 0 fully saturated rings. The van der Waals surface area contributed by atoms with Crippen molar-refractivity contribution in [1.82, 2.24) is 4.98 Å². The molecule has 0 aliphatic heterocycles. The zero-order valence-electron chi connectivity index (χ0n) is 15.3. The highest BCUT2D eigenvalue weighted by molar-refractivity contribution is 6.16. The summed E-state index contributed by atoms with van der Waals surface area (Å²) in [6.45, 7) is 0. The van der Waals surface area contributed by atoms with Crippen LogP contribution in [0.5, 0.6) is 0 Å². The molecule has 1 heteroatoms. The van der Waals surface area contributed by atoms with Crippen LogP contribution in [0.3, 0.4) is 0 Å². The molecule has 1 heterocycles. The third-order valence-corrected chi connectivity index (χ3v) is 5.72. The Morgan fingerprint density at radius 3 is 1.79 bits per heavy atom. The summed E-state index contributed by atoms with van der Waals surface area (Å²) in [6, 6.07) is 32.9. The molecule has 1 aromatic heterocycles. The van der Waals surface area contributed by atoms with Crippen molar-refractivity contribution in [3.8, 4) is 44.5 Å². The monoisotopic (exact) mass is 355 g/mol. The predicted octanol–water partition coefficient (Wildman–Crippen LogP) is 7.22. The molecule has 0 atom stereocenters. The Morgan fingerprint density at radius 2 is 1.04 bits per heavy atom. The molecule has 0 saturated heterocycles. The first kappa shape index (κ1) is 15.4. The van der Waals surface area contributed by atoms with E-state index in [0.29, 0.717) is 0 Å². The summed E-state index contributed by atoms with van der Waals surface area (Å²) >= 11 is 0. The molecule has 5 aromatic rings. The molecule has 0 radical (unpaired) electrons. The minimum atomic E-state index is 1.19. The number of fused-ring (bicyclic) bond motifs is 3. The van der Waals surface area contributed by atoms with Gasteiger partial charge in [-0.05, 0) is 79.5 Å². The van der Waals surface area contributed by atoms with E-state index in [-0.39, 0.29) is 0 Å². The molecule has 0 saturated carbocycles. The van der Waals surface area contributed by atoms with Gasteiger partial charge in [0.15, 0.2) is 0 Å². The lowest BCUT2D eigenvalue weighted by atomic mass is 9.95. The molecule has 1 aliphatic rings. The first-order chi connectivity index (χ1) is 13.9. The number of rotatable bonds is 2. The predicted molar refractivity (Wildman–Crippen MR) is 117 cm³/mol. The Kier molecular flexibility index (Phi) is 3.24. The number of hydrogen-bond donors (Lipinski definition) is 0. The van der Waals surface area contributed by atoms with Crippen molar-refractivity contribution in [3.05, 3.63) is 103 Å². The number of aromatic nitrogens is 1. The molecule has 1 aliphatic carbocycles. The van der Waals surface area contributed by atoms with E-state index in [9.17, 15) is 0 Å². The van der Waals surface area contributed by atoms with Crippen LogP contribution in [-0.2, 0) is 0 Å². The summed E-state index contributed by atoms with van der Waals surface area (Å²) < 4.78 is 0. The van der Waals surface area contributed by atoms with Gasteiger partial charge >= 0.3 is 0 Å². The first-order valence-corrected chi connectivity index (χ1v) is 9.56. The second-order valence-corrected chi connectivity index (χ2v) is 7.29. The lowest BCUT2D eigenvalue weighted by Gasteiger charge is -2.09. The van der Waals surface area contributed by atoms with Crippen molar-refractivity contribution in [3.63, 3.8) is 0 Å². The van der Waals surface area contributed by atoms with Crippen LogP contribution in [0.4, 0.5) is 0 Å². The van der Waals surface area contributed by atoms with Crippen LogP contribution in [0.2, 0.25) is 0 Å². The van der Waals surface area contributed by atoms with Crippen molar-refractivity contribution in [2.45, 2.75) is 0 Å². The van der Waals surface area contributed by atoms with Crippen LogP contribution in [0, 0.1) is 0 Å². The first-order valence-electron chi connectivity index (χ1n) is 9.56. The van der Waals surface area contributed by atoms with Crippen molar-refractivity contribution in [1.29, 1.82) is 0 Å². The summed E-state index contributed by atoms with van der Waals surface area (Å²) in [6.07, 6.45) is 3.67. The van der Waals surface area contributed by atoms with Gasteiger partial charge in [0.2, 0.25) is 0 Å². The van der Waals surface area contributed by atoms with E-state index in [1.165, 1.54) is 55.3 Å². The third-order valence-electron chi connectivity index (χ3n) is 5.72. The molecular formula is C27H17N. The van der Waals surface area contributed by atoms with Crippen molar-refractivity contribution in [2.75, 3.05) is 0 Å². The van der Waals surface area contributed by atoms with E-state index in [1.807, 2.05) is 24.5 Å². The minimum absolute atomic E-state index is 1.19. The molecule has 4 aromatic carbocycles. The summed E-state index contributed by atoms with van der Waals surface area (Å²) in [5, 5.41) is 2.68. The van der Waals surface area contributed by atoms with E-state index < -0.39 is 0 Å². The Morgan fingerprint density at radius 1 is 0.429 bits per heavy atom. The molecule has 0 spiro atoms. The highest BCUT2D eigenvalue weighted by Gasteiger charge is 2.21. The molecule has 28 heavy (non-hydrogen) atoms. The number of nitrogens with zero attached hydrogens (tertiary/aromatic N) is 1. The van der Waals surface area contributed by atoms with Gasteiger partial charge in [-0.1, -0.05) is 66.7 Å². The zero-order chi connectivity index (χ0) is 18.5. The lowest BCUT2D eigenvalue weighted by molar-refractivity contribution is 1.33. The normalized spacial score (nSPS) is 11.6. The maximum atomic E-state index is 4.11. The Labute approximate surface area is 163 Å². The lowest BCUT2D eigenvalue weighted by Crippen LogP contribution is -1.83. The Hall–Kier alpha value is -3.71. The van der Waals surface area contributed by atoms with Crippen molar-refractivity contribution in [2.24, 2.45) is 0 Å². The van der Waals surface area contributed by atoms with Crippen LogP contribution >= 0.6 is 0 Å². The minimum Gasteiger partial charge on any atom is -0.265 e. The van der Waals surface area contributed by atoms with Crippen molar-refractivity contribution < 1.29 is 0 Å².